The van der Waals surface area contributed by atoms with Crippen LogP contribution >= 0.6 is 11.6 Å². The molecule has 0 aliphatic carbocycles. The molecule has 0 saturated heterocycles. The molecular formula is C21H13ClF5NO3S. The smallest absolute Gasteiger partial charge is 0.416 e. The lowest BCUT2D eigenvalue weighted by Gasteiger charge is -2.31. The van der Waals surface area contributed by atoms with Crippen molar-refractivity contribution < 1.29 is 35.1 Å². The van der Waals surface area contributed by atoms with E-state index in [0.29, 0.717) is 6.07 Å². The fourth-order valence-electron chi connectivity index (χ4n) is 3.35. The molecule has 1 heterocycles. The predicted molar refractivity (Wildman–Crippen MR) is 108 cm³/mol. The minimum atomic E-state index is -4.75. The van der Waals surface area contributed by atoms with Crippen molar-refractivity contribution in [3.05, 3.63) is 76.8 Å². The van der Waals surface area contributed by atoms with Crippen LogP contribution in [0.4, 0.5) is 27.6 Å². The van der Waals surface area contributed by atoms with Gasteiger partial charge < -0.3 is 4.74 Å². The fourth-order valence-corrected chi connectivity index (χ4v) is 5.02. The number of benzene rings is 3. The van der Waals surface area contributed by atoms with E-state index < -0.39 is 44.0 Å². The first-order valence-corrected chi connectivity index (χ1v) is 10.9. The zero-order valence-electron chi connectivity index (χ0n) is 16.0. The summed E-state index contributed by atoms with van der Waals surface area (Å²) in [4.78, 5) is -0.625. The average molecular weight is 490 g/mol. The van der Waals surface area contributed by atoms with Crippen LogP contribution in [0.2, 0.25) is 5.02 Å². The second-order valence-electron chi connectivity index (χ2n) is 6.86. The summed E-state index contributed by atoms with van der Waals surface area (Å²) in [6.07, 6.45) is -4.75. The summed E-state index contributed by atoms with van der Waals surface area (Å²) in [6.45, 7) is -0.514. The number of alkyl halides is 3. The van der Waals surface area contributed by atoms with Crippen molar-refractivity contribution in [1.82, 2.24) is 0 Å². The van der Waals surface area contributed by atoms with E-state index in [2.05, 4.69) is 0 Å². The van der Waals surface area contributed by atoms with Crippen molar-refractivity contribution in [2.24, 2.45) is 0 Å². The largest absolute Gasteiger partial charge is 0.486 e. The molecule has 1 aliphatic rings. The normalized spacial score (nSPS) is 14.1. The monoisotopic (exact) mass is 489 g/mol. The summed E-state index contributed by atoms with van der Waals surface area (Å²) < 4.78 is 101. The first-order chi connectivity index (χ1) is 15.0. The van der Waals surface area contributed by atoms with Gasteiger partial charge in [-0.1, -0.05) is 29.8 Å². The van der Waals surface area contributed by atoms with E-state index in [-0.39, 0.29) is 35.0 Å². The van der Waals surface area contributed by atoms with E-state index in [4.69, 9.17) is 16.3 Å². The van der Waals surface area contributed by atoms with E-state index in [1.807, 2.05) is 0 Å². The Morgan fingerprint density at radius 1 is 1.00 bits per heavy atom. The van der Waals surface area contributed by atoms with Gasteiger partial charge >= 0.3 is 6.18 Å². The molecule has 0 amide bonds. The minimum absolute atomic E-state index is 0.0176. The SMILES string of the molecule is O=S(=O)(c1cccc(C(F)(F)F)c1)N1CCOc2c(F)cc(-c3cccc(Cl)c3F)cc21. The zero-order valence-corrected chi connectivity index (χ0v) is 17.5. The third kappa shape index (κ3) is 3.88. The first-order valence-electron chi connectivity index (χ1n) is 9.11. The topological polar surface area (TPSA) is 46.6 Å². The van der Waals surface area contributed by atoms with Crippen LogP contribution in [0.3, 0.4) is 0 Å². The highest BCUT2D eigenvalue weighted by molar-refractivity contribution is 7.92. The van der Waals surface area contributed by atoms with Gasteiger partial charge in [-0.25, -0.2) is 17.2 Å². The number of ether oxygens (including phenoxy) is 1. The Kier molecular flexibility index (Phi) is 5.54. The molecule has 0 aromatic heterocycles. The number of fused-ring (bicyclic) bond motifs is 1. The number of rotatable bonds is 3. The minimum Gasteiger partial charge on any atom is -0.486 e. The van der Waals surface area contributed by atoms with Crippen LogP contribution in [0.15, 0.2) is 59.5 Å². The highest BCUT2D eigenvalue weighted by Crippen LogP contribution is 2.42. The van der Waals surface area contributed by atoms with Gasteiger partial charge in [0, 0.05) is 5.56 Å². The number of nitrogens with zero attached hydrogens (tertiary/aromatic N) is 1. The van der Waals surface area contributed by atoms with Gasteiger partial charge in [0.1, 0.15) is 12.4 Å². The van der Waals surface area contributed by atoms with Crippen LogP contribution in [-0.2, 0) is 16.2 Å². The summed E-state index contributed by atoms with van der Waals surface area (Å²) in [6, 6.07) is 9.44. The summed E-state index contributed by atoms with van der Waals surface area (Å²) in [5.74, 6) is -2.20. The van der Waals surface area contributed by atoms with Crippen molar-refractivity contribution in [2.45, 2.75) is 11.1 Å². The van der Waals surface area contributed by atoms with E-state index in [0.717, 1.165) is 28.6 Å². The van der Waals surface area contributed by atoms with Gasteiger partial charge in [0.15, 0.2) is 11.6 Å². The standard InChI is InChI=1S/C21H13ClF5NO3S/c22-16-6-2-5-15(19(16)24)12-9-17(23)20-18(10-12)28(7-8-31-20)32(29,30)14-4-1-3-13(11-14)21(25,26)27/h1-6,9-11H,7-8H2. The highest BCUT2D eigenvalue weighted by atomic mass is 35.5. The molecular weight excluding hydrogens is 477 g/mol. The van der Waals surface area contributed by atoms with E-state index in [1.54, 1.807) is 0 Å². The van der Waals surface area contributed by atoms with Crippen molar-refractivity contribution >= 4 is 27.3 Å². The summed E-state index contributed by atoms with van der Waals surface area (Å²) in [5.41, 5.74) is -1.51. The van der Waals surface area contributed by atoms with E-state index in [9.17, 15) is 30.4 Å². The summed E-state index contributed by atoms with van der Waals surface area (Å²) in [7, 11) is -4.53. The number of anilines is 1. The van der Waals surface area contributed by atoms with Crippen LogP contribution < -0.4 is 9.04 Å². The Bertz CT molecular complexity index is 1310. The van der Waals surface area contributed by atoms with Gasteiger partial charge in [0.05, 0.1) is 27.7 Å². The van der Waals surface area contributed by atoms with Crippen LogP contribution in [-0.4, -0.2) is 21.6 Å². The molecule has 168 valence electrons. The molecule has 0 atom stereocenters. The van der Waals surface area contributed by atoms with Gasteiger partial charge in [-0.2, -0.15) is 13.2 Å². The molecule has 0 fully saturated rings. The molecule has 0 spiro atoms. The number of halogens is 6. The van der Waals surface area contributed by atoms with Crippen LogP contribution in [0.5, 0.6) is 5.75 Å². The fraction of sp³-hybridized carbons (Fsp3) is 0.143. The molecule has 11 heteroatoms. The van der Waals surface area contributed by atoms with Gasteiger partial charge in [-0.15, -0.1) is 0 Å². The third-order valence-corrected chi connectivity index (χ3v) is 6.95. The Balaban J connectivity index is 1.86. The van der Waals surface area contributed by atoms with Crippen molar-refractivity contribution in [2.75, 3.05) is 17.5 Å². The lowest BCUT2D eigenvalue weighted by atomic mass is 10.0. The maximum absolute atomic E-state index is 14.8. The Hall–Kier alpha value is -2.85. The Morgan fingerprint density at radius 2 is 1.72 bits per heavy atom. The first kappa shape index (κ1) is 22.3. The molecule has 0 unspecified atom stereocenters. The molecule has 0 N–H and O–H groups in total. The van der Waals surface area contributed by atoms with Crippen LogP contribution in [0.1, 0.15) is 5.56 Å². The maximum atomic E-state index is 14.8. The van der Waals surface area contributed by atoms with Gasteiger partial charge in [0.2, 0.25) is 0 Å². The maximum Gasteiger partial charge on any atom is 0.416 e. The van der Waals surface area contributed by atoms with E-state index >= 15 is 0 Å². The average Bonchev–Trinajstić information content (AvgIpc) is 2.74. The molecule has 0 radical (unpaired) electrons. The van der Waals surface area contributed by atoms with Gasteiger partial charge in [-0.05, 0) is 42.0 Å². The lowest BCUT2D eigenvalue weighted by Crippen LogP contribution is -2.38. The molecule has 0 bridgehead atoms. The third-order valence-electron chi connectivity index (χ3n) is 4.85. The molecule has 1 aliphatic heterocycles. The number of hydrogen-bond donors (Lipinski definition) is 0. The molecule has 4 nitrogen and oxygen atoms in total. The molecule has 3 aromatic carbocycles. The second kappa shape index (κ2) is 7.93. The summed E-state index contributed by atoms with van der Waals surface area (Å²) in [5, 5.41) is -0.217. The quantitative estimate of drug-likeness (QED) is 0.431. The second-order valence-corrected chi connectivity index (χ2v) is 9.13. The van der Waals surface area contributed by atoms with Crippen molar-refractivity contribution in [3.63, 3.8) is 0 Å². The van der Waals surface area contributed by atoms with Crippen molar-refractivity contribution in [3.8, 4) is 16.9 Å². The Labute approximate surface area is 184 Å². The molecule has 32 heavy (non-hydrogen) atoms. The van der Waals surface area contributed by atoms with Crippen LogP contribution in [0.25, 0.3) is 11.1 Å². The predicted octanol–water partition coefficient (Wildman–Crippen LogP) is 5.89. The van der Waals surface area contributed by atoms with Gasteiger partial charge in [-0.3, -0.25) is 4.31 Å². The highest BCUT2D eigenvalue weighted by Gasteiger charge is 2.35. The molecule has 0 saturated carbocycles. The van der Waals surface area contributed by atoms with Crippen molar-refractivity contribution in [1.29, 1.82) is 0 Å². The van der Waals surface area contributed by atoms with Crippen LogP contribution in [0, 0.1) is 11.6 Å². The van der Waals surface area contributed by atoms with Gasteiger partial charge in [0.25, 0.3) is 10.0 Å². The van der Waals surface area contributed by atoms with E-state index in [1.165, 1.54) is 24.3 Å². The number of hydrogen-bond acceptors (Lipinski definition) is 3. The number of sulfonamides is 1. The molecule has 3 aromatic rings. The Morgan fingerprint density at radius 3 is 2.44 bits per heavy atom. The molecule has 4 rings (SSSR count). The lowest BCUT2D eigenvalue weighted by molar-refractivity contribution is -0.137. The summed E-state index contributed by atoms with van der Waals surface area (Å²) >= 11 is 5.79. The zero-order chi connectivity index (χ0) is 23.3.